The lowest BCUT2D eigenvalue weighted by Gasteiger charge is -2.06. The van der Waals surface area contributed by atoms with Crippen LogP contribution in [-0.2, 0) is 12.8 Å². The predicted molar refractivity (Wildman–Crippen MR) is 72.3 cm³/mol. The normalized spacial score (nSPS) is 10.6. The summed E-state index contributed by atoms with van der Waals surface area (Å²) in [4.78, 5) is 12.8. The van der Waals surface area contributed by atoms with Crippen LogP contribution in [0, 0.1) is 0 Å². The fourth-order valence-corrected chi connectivity index (χ4v) is 1.97. The molecule has 0 spiro atoms. The number of halogens is 1. The standard InChI is InChI=1S/C11H15BrN6/c1-2-3-10-16-8(12)6-11(17-10)13-5-4-9-14-7-15-18-9/h6-7H,2-5H2,1H3,(H,13,16,17)(H,14,15,18). The molecule has 0 amide bonds. The Balaban J connectivity index is 1.92. The van der Waals surface area contributed by atoms with Crippen LogP contribution in [0.3, 0.4) is 0 Å². The van der Waals surface area contributed by atoms with Gasteiger partial charge in [0.1, 0.15) is 28.4 Å². The molecule has 0 fully saturated rings. The maximum Gasteiger partial charge on any atom is 0.137 e. The second-order valence-electron chi connectivity index (χ2n) is 3.85. The van der Waals surface area contributed by atoms with E-state index in [1.807, 2.05) is 6.07 Å². The molecule has 2 N–H and O–H groups in total. The molecule has 0 aliphatic heterocycles. The Hall–Kier alpha value is -1.50. The molecule has 0 aromatic carbocycles. The highest BCUT2D eigenvalue weighted by molar-refractivity contribution is 9.10. The first-order valence-corrected chi connectivity index (χ1v) is 6.69. The first-order valence-electron chi connectivity index (χ1n) is 5.89. The van der Waals surface area contributed by atoms with Gasteiger partial charge in [0, 0.05) is 25.5 Å². The van der Waals surface area contributed by atoms with Crippen LogP contribution in [0.4, 0.5) is 5.82 Å². The van der Waals surface area contributed by atoms with Crippen LogP contribution in [-0.4, -0.2) is 31.7 Å². The number of nitrogens with zero attached hydrogens (tertiary/aromatic N) is 4. The first kappa shape index (κ1) is 12.9. The largest absolute Gasteiger partial charge is 0.369 e. The van der Waals surface area contributed by atoms with E-state index in [-0.39, 0.29) is 0 Å². The lowest BCUT2D eigenvalue weighted by atomic mass is 10.3. The molecule has 18 heavy (non-hydrogen) atoms. The summed E-state index contributed by atoms with van der Waals surface area (Å²) in [6.45, 7) is 2.87. The molecule has 0 unspecified atom stereocenters. The van der Waals surface area contributed by atoms with Gasteiger partial charge in [-0.15, -0.1) is 0 Å². The predicted octanol–water partition coefficient (Wildman–Crippen LogP) is 1.96. The highest BCUT2D eigenvalue weighted by atomic mass is 79.9. The average Bonchev–Trinajstić information content (AvgIpc) is 2.82. The van der Waals surface area contributed by atoms with Gasteiger partial charge in [-0.3, -0.25) is 5.10 Å². The molecule has 0 bridgehead atoms. The van der Waals surface area contributed by atoms with Gasteiger partial charge in [-0.2, -0.15) is 5.10 Å². The summed E-state index contributed by atoms with van der Waals surface area (Å²) in [5.74, 6) is 2.55. The van der Waals surface area contributed by atoms with E-state index in [1.165, 1.54) is 6.33 Å². The number of hydrogen-bond donors (Lipinski definition) is 2. The van der Waals surface area contributed by atoms with Crippen molar-refractivity contribution in [2.75, 3.05) is 11.9 Å². The van der Waals surface area contributed by atoms with E-state index in [0.29, 0.717) is 0 Å². The highest BCUT2D eigenvalue weighted by Crippen LogP contribution is 2.13. The number of anilines is 1. The fourth-order valence-electron chi connectivity index (χ4n) is 1.55. The number of aryl methyl sites for hydroxylation is 1. The molecular weight excluding hydrogens is 296 g/mol. The monoisotopic (exact) mass is 310 g/mol. The molecule has 2 heterocycles. The molecule has 2 aromatic rings. The van der Waals surface area contributed by atoms with Gasteiger partial charge in [0.2, 0.25) is 0 Å². The molecule has 6 nitrogen and oxygen atoms in total. The summed E-state index contributed by atoms with van der Waals surface area (Å²) in [5.41, 5.74) is 0. The van der Waals surface area contributed by atoms with Crippen LogP contribution in [0.1, 0.15) is 25.0 Å². The van der Waals surface area contributed by atoms with Crippen LogP contribution in [0.2, 0.25) is 0 Å². The number of H-pyrrole nitrogens is 1. The fraction of sp³-hybridized carbons (Fsp3) is 0.455. The van der Waals surface area contributed by atoms with Gasteiger partial charge in [0.05, 0.1) is 0 Å². The van der Waals surface area contributed by atoms with E-state index in [0.717, 1.165) is 47.9 Å². The smallest absolute Gasteiger partial charge is 0.137 e. The lowest BCUT2D eigenvalue weighted by Crippen LogP contribution is -2.09. The maximum atomic E-state index is 4.44. The summed E-state index contributed by atoms with van der Waals surface area (Å²) in [5, 5.41) is 9.88. The minimum atomic E-state index is 0.754. The van der Waals surface area contributed by atoms with Gasteiger partial charge in [0.15, 0.2) is 0 Å². The van der Waals surface area contributed by atoms with Gasteiger partial charge < -0.3 is 5.32 Å². The van der Waals surface area contributed by atoms with Crippen molar-refractivity contribution in [3.05, 3.63) is 28.6 Å². The third kappa shape index (κ3) is 3.76. The highest BCUT2D eigenvalue weighted by Gasteiger charge is 2.02. The second kappa shape index (κ2) is 6.44. The number of nitrogens with one attached hydrogen (secondary N) is 2. The van der Waals surface area contributed by atoms with Gasteiger partial charge in [0.25, 0.3) is 0 Å². The van der Waals surface area contributed by atoms with Crippen LogP contribution in [0.25, 0.3) is 0 Å². The molecule has 0 aliphatic carbocycles. The second-order valence-corrected chi connectivity index (χ2v) is 4.66. The molecule has 2 aromatic heterocycles. The van der Waals surface area contributed by atoms with Crippen molar-refractivity contribution in [1.82, 2.24) is 25.1 Å². The van der Waals surface area contributed by atoms with Gasteiger partial charge in [-0.05, 0) is 22.4 Å². The Morgan fingerprint density at radius 3 is 2.94 bits per heavy atom. The molecule has 0 radical (unpaired) electrons. The molecule has 0 saturated heterocycles. The Morgan fingerprint density at radius 2 is 2.22 bits per heavy atom. The number of aromatic nitrogens is 5. The zero-order valence-corrected chi connectivity index (χ0v) is 11.7. The zero-order chi connectivity index (χ0) is 12.8. The van der Waals surface area contributed by atoms with Gasteiger partial charge in [-0.1, -0.05) is 6.92 Å². The van der Waals surface area contributed by atoms with Crippen LogP contribution in [0.15, 0.2) is 17.0 Å². The van der Waals surface area contributed by atoms with Crippen LogP contribution in [0.5, 0.6) is 0 Å². The molecule has 0 saturated carbocycles. The van der Waals surface area contributed by atoms with Crippen molar-refractivity contribution in [3.8, 4) is 0 Å². The van der Waals surface area contributed by atoms with Gasteiger partial charge >= 0.3 is 0 Å². The van der Waals surface area contributed by atoms with Crippen molar-refractivity contribution in [2.24, 2.45) is 0 Å². The number of rotatable bonds is 6. The van der Waals surface area contributed by atoms with E-state index in [4.69, 9.17) is 0 Å². The van der Waals surface area contributed by atoms with Crippen molar-refractivity contribution < 1.29 is 0 Å². The van der Waals surface area contributed by atoms with Crippen molar-refractivity contribution in [1.29, 1.82) is 0 Å². The summed E-state index contributed by atoms with van der Waals surface area (Å²) in [6.07, 6.45) is 4.21. The van der Waals surface area contributed by atoms with E-state index < -0.39 is 0 Å². The SMILES string of the molecule is CCCc1nc(Br)cc(NCCc2ncn[nH]2)n1. The maximum absolute atomic E-state index is 4.44. The summed E-state index contributed by atoms with van der Waals surface area (Å²) < 4.78 is 0.808. The lowest BCUT2D eigenvalue weighted by molar-refractivity contribution is 0.825. The molecule has 2 rings (SSSR count). The first-order chi connectivity index (χ1) is 8.78. The van der Waals surface area contributed by atoms with Crippen molar-refractivity contribution >= 4 is 21.7 Å². The Labute approximate surface area is 114 Å². The average molecular weight is 311 g/mol. The van der Waals surface area contributed by atoms with Crippen LogP contribution < -0.4 is 5.32 Å². The summed E-state index contributed by atoms with van der Waals surface area (Å²) in [7, 11) is 0. The Bertz CT molecular complexity index is 484. The van der Waals surface area contributed by atoms with Crippen molar-refractivity contribution in [3.63, 3.8) is 0 Å². The minimum Gasteiger partial charge on any atom is -0.369 e. The van der Waals surface area contributed by atoms with Crippen molar-refractivity contribution in [2.45, 2.75) is 26.2 Å². The zero-order valence-electron chi connectivity index (χ0n) is 10.1. The quantitative estimate of drug-likeness (QED) is 0.797. The molecule has 0 atom stereocenters. The summed E-state index contributed by atoms with van der Waals surface area (Å²) >= 11 is 3.39. The Kier molecular flexibility index (Phi) is 4.63. The van der Waals surface area contributed by atoms with Gasteiger partial charge in [-0.25, -0.2) is 15.0 Å². The van der Waals surface area contributed by atoms with Crippen LogP contribution >= 0.6 is 15.9 Å². The topological polar surface area (TPSA) is 79.4 Å². The molecule has 7 heteroatoms. The van der Waals surface area contributed by atoms with E-state index in [2.05, 4.69) is 53.3 Å². The summed E-state index contributed by atoms with van der Waals surface area (Å²) in [6, 6.07) is 1.87. The molecule has 96 valence electrons. The molecular formula is C11H15BrN6. The molecule has 0 aliphatic rings. The third-order valence-corrected chi connectivity index (χ3v) is 2.75. The Morgan fingerprint density at radius 1 is 1.33 bits per heavy atom. The third-order valence-electron chi connectivity index (χ3n) is 2.35. The van der Waals surface area contributed by atoms with E-state index in [9.17, 15) is 0 Å². The number of hydrogen-bond acceptors (Lipinski definition) is 5. The van der Waals surface area contributed by atoms with E-state index in [1.54, 1.807) is 0 Å². The number of aromatic amines is 1. The minimum absolute atomic E-state index is 0.754. The van der Waals surface area contributed by atoms with E-state index >= 15 is 0 Å².